The number of hydrogen-bond donors (Lipinski definition) is 0. The fraction of sp³-hybridized carbons (Fsp3) is 0.222. The second kappa shape index (κ2) is 8.78. The summed E-state index contributed by atoms with van der Waals surface area (Å²) in [5, 5.41) is 9.26. The number of rotatable bonds is 8. The first kappa shape index (κ1) is 17.6. The van der Waals surface area contributed by atoms with Crippen molar-refractivity contribution in [2.75, 3.05) is 19.5 Å². The average molecular weight is 377 g/mol. The summed E-state index contributed by atoms with van der Waals surface area (Å²) in [6, 6.07) is 15.2. The van der Waals surface area contributed by atoms with E-state index in [-0.39, 0.29) is 0 Å². The minimum absolute atomic E-state index is 0.505. The highest BCUT2D eigenvalue weighted by Crippen LogP contribution is 2.24. The van der Waals surface area contributed by atoms with Crippen LogP contribution in [0.5, 0.6) is 11.5 Å². The van der Waals surface area contributed by atoms with Crippen molar-refractivity contribution < 1.29 is 13.9 Å². The molecule has 0 atom stereocenters. The average Bonchev–Trinajstić information content (AvgIpc) is 3.08. The Morgan fingerprint density at radius 1 is 1.08 bits per heavy atom. The van der Waals surface area contributed by atoms with Gasteiger partial charge in [-0.1, -0.05) is 47.6 Å². The maximum atomic E-state index is 6.04. The van der Waals surface area contributed by atoms with Crippen molar-refractivity contribution >= 4 is 23.4 Å². The molecule has 0 amide bonds. The lowest BCUT2D eigenvalue weighted by atomic mass is 10.1. The van der Waals surface area contributed by atoms with E-state index in [9.17, 15) is 0 Å². The van der Waals surface area contributed by atoms with E-state index in [2.05, 4.69) is 10.2 Å². The maximum absolute atomic E-state index is 6.04. The number of methoxy groups -OCH3 is 1. The molecule has 0 radical (unpaired) electrons. The van der Waals surface area contributed by atoms with Crippen LogP contribution in [0.2, 0.25) is 5.02 Å². The quantitative estimate of drug-likeness (QED) is 0.426. The first-order valence-corrected chi connectivity index (χ1v) is 9.06. The predicted molar refractivity (Wildman–Crippen MR) is 97.8 cm³/mol. The van der Waals surface area contributed by atoms with Crippen molar-refractivity contribution in [1.29, 1.82) is 0 Å². The number of benzene rings is 2. The zero-order valence-corrected chi connectivity index (χ0v) is 15.2. The molecule has 0 saturated heterocycles. The fourth-order valence-electron chi connectivity index (χ4n) is 2.13. The normalized spacial score (nSPS) is 10.6. The van der Waals surface area contributed by atoms with Gasteiger partial charge in [0.25, 0.3) is 5.22 Å². The van der Waals surface area contributed by atoms with Crippen LogP contribution in [-0.2, 0) is 6.42 Å². The van der Waals surface area contributed by atoms with Crippen LogP contribution in [0, 0.1) is 0 Å². The van der Waals surface area contributed by atoms with Gasteiger partial charge in [-0.2, -0.15) is 0 Å². The van der Waals surface area contributed by atoms with E-state index >= 15 is 0 Å². The van der Waals surface area contributed by atoms with E-state index in [0.717, 1.165) is 11.3 Å². The number of para-hydroxylation sites is 1. The molecule has 1 heterocycles. The molecule has 2 aromatic carbocycles. The Morgan fingerprint density at radius 2 is 1.88 bits per heavy atom. The Kier molecular flexibility index (Phi) is 6.19. The lowest BCUT2D eigenvalue weighted by molar-refractivity contribution is 0.343. The van der Waals surface area contributed by atoms with Gasteiger partial charge in [-0.3, -0.25) is 0 Å². The maximum Gasteiger partial charge on any atom is 0.276 e. The summed E-state index contributed by atoms with van der Waals surface area (Å²) in [4.78, 5) is 0. The van der Waals surface area contributed by atoms with Gasteiger partial charge in [0.2, 0.25) is 5.89 Å². The highest BCUT2D eigenvalue weighted by Gasteiger charge is 2.08. The van der Waals surface area contributed by atoms with Crippen molar-refractivity contribution in [3.8, 4) is 11.5 Å². The first-order chi connectivity index (χ1) is 12.2. The highest BCUT2D eigenvalue weighted by molar-refractivity contribution is 7.99. The van der Waals surface area contributed by atoms with E-state index in [1.165, 1.54) is 11.8 Å². The van der Waals surface area contributed by atoms with Crippen molar-refractivity contribution in [1.82, 2.24) is 10.2 Å². The van der Waals surface area contributed by atoms with Gasteiger partial charge < -0.3 is 13.9 Å². The predicted octanol–water partition coefficient (Wildman–Crippen LogP) is 4.49. The van der Waals surface area contributed by atoms with Gasteiger partial charge in [-0.05, 0) is 29.8 Å². The summed E-state index contributed by atoms with van der Waals surface area (Å²) in [6.45, 7) is 0.505. The van der Waals surface area contributed by atoms with Crippen molar-refractivity contribution in [3.05, 3.63) is 65.0 Å². The van der Waals surface area contributed by atoms with Crippen molar-refractivity contribution in [3.63, 3.8) is 0 Å². The monoisotopic (exact) mass is 376 g/mol. The molecule has 0 unspecified atom stereocenters. The van der Waals surface area contributed by atoms with Gasteiger partial charge in [0.15, 0.2) is 0 Å². The molecular formula is C18H17ClN2O3S. The Bertz CT molecular complexity index is 808. The standard InChI is InChI=1S/C18H17ClN2O3S/c1-22-14-8-6-13(7-9-14)12-17-20-21-18(24-17)25-11-10-23-16-5-3-2-4-15(16)19/h2-9H,10-12H2,1H3. The van der Waals surface area contributed by atoms with E-state index < -0.39 is 0 Å². The SMILES string of the molecule is COc1ccc(Cc2nnc(SCCOc3ccccc3Cl)o2)cc1. The second-order valence-electron chi connectivity index (χ2n) is 5.11. The number of nitrogens with zero attached hydrogens (tertiary/aromatic N) is 2. The smallest absolute Gasteiger partial charge is 0.276 e. The molecule has 7 heteroatoms. The molecule has 25 heavy (non-hydrogen) atoms. The molecular weight excluding hydrogens is 360 g/mol. The van der Waals surface area contributed by atoms with Crippen molar-refractivity contribution in [2.45, 2.75) is 11.6 Å². The molecule has 0 N–H and O–H groups in total. The molecule has 0 aliphatic heterocycles. The van der Waals surface area contributed by atoms with Gasteiger partial charge in [0.05, 0.1) is 25.2 Å². The summed E-state index contributed by atoms with van der Waals surface area (Å²) >= 11 is 7.49. The molecule has 3 rings (SSSR count). The molecule has 0 fully saturated rings. The Morgan fingerprint density at radius 3 is 2.64 bits per heavy atom. The summed E-state index contributed by atoms with van der Waals surface area (Å²) < 4.78 is 16.4. The zero-order valence-electron chi connectivity index (χ0n) is 13.6. The van der Waals surface area contributed by atoms with Crippen LogP contribution in [-0.4, -0.2) is 29.7 Å². The van der Waals surface area contributed by atoms with Gasteiger partial charge in [0.1, 0.15) is 11.5 Å². The largest absolute Gasteiger partial charge is 0.497 e. The third kappa shape index (κ3) is 5.14. The third-order valence-electron chi connectivity index (χ3n) is 3.37. The van der Waals surface area contributed by atoms with Gasteiger partial charge in [-0.15, -0.1) is 10.2 Å². The van der Waals surface area contributed by atoms with E-state index in [1.807, 2.05) is 42.5 Å². The van der Waals surface area contributed by atoms with Gasteiger partial charge in [0, 0.05) is 5.75 Å². The summed E-state index contributed by atoms with van der Waals surface area (Å²) in [6.07, 6.45) is 0.591. The van der Waals surface area contributed by atoms with Crippen LogP contribution in [0.15, 0.2) is 58.2 Å². The van der Waals surface area contributed by atoms with Gasteiger partial charge in [-0.25, -0.2) is 0 Å². The molecule has 0 saturated carbocycles. The summed E-state index contributed by atoms with van der Waals surface area (Å²) in [5.41, 5.74) is 1.09. The fourth-order valence-corrected chi connectivity index (χ4v) is 2.91. The van der Waals surface area contributed by atoms with Crippen LogP contribution in [0.3, 0.4) is 0 Å². The molecule has 3 aromatic rings. The van der Waals surface area contributed by atoms with Crippen LogP contribution < -0.4 is 9.47 Å². The van der Waals surface area contributed by atoms with Crippen LogP contribution >= 0.6 is 23.4 Å². The summed E-state index contributed by atoms with van der Waals surface area (Å²) in [7, 11) is 1.64. The number of hydrogen-bond acceptors (Lipinski definition) is 6. The molecule has 0 spiro atoms. The zero-order chi connectivity index (χ0) is 17.5. The topological polar surface area (TPSA) is 57.4 Å². The molecule has 1 aromatic heterocycles. The lowest BCUT2D eigenvalue weighted by Gasteiger charge is -2.06. The Balaban J connectivity index is 1.46. The molecule has 0 aliphatic carbocycles. The van der Waals surface area contributed by atoms with Gasteiger partial charge >= 0.3 is 0 Å². The Labute approximate surface area is 155 Å². The third-order valence-corrected chi connectivity index (χ3v) is 4.46. The number of halogens is 1. The number of aromatic nitrogens is 2. The van der Waals surface area contributed by atoms with E-state index in [1.54, 1.807) is 13.2 Å². The lowest BCUT2D eigenvalue weighted by Crippen LogP contribution is -2.00. The number of thioether (sulfide) groups is 1. The summed E-state index contributed by atoms with van der Waals surface area (Å²) in [5.74, 6) is 2.77. The first-order valence-electron chi connectivity index (χ1n) is 7.70. The minimum Gasteiger partial charge on any atom is -0.497 e. The second-order valence-corrected chi connectivity index (χ2v) is 6.57. The minimum atomic E-state index is 0.505. The van der Waals surface area contributed by atoms with Crippen LogP contribution in [0.4, 0.5) is 0 Å². The van der Waals surface area contributed by atoms with E-state index in [0.29, 0.717) is 40.7 Å². The molecule has 130 valence electrons. The molecule has 5 nitrogen and oxygen atoms in total. The van der Waals surface area contributed by atoms with Crippen molar-refractivity contribution in [2.24, 2.45) is 0 Å². The van der Waals surface area contributed by atoms with E-state index in [4.69, 9.17) is 25.5 Å². The van der Waals surface area contributed by atoms with Crippen LogP contribution in [0.25, 0.3) is 0 Å². The Hall–Kier alpha value is -2.18. The highest BCUT2D eigenvalue weighted by atomic mass is 35.5. The molecule has 0 aliphatic rings. The number of ether oxygens (including phenoxy) is 2. The molecule has 0 bridgehead atoms. The van der Waals surface area contributed by atoms with Crippen LogP contribution in [0.1, 0.15) is 11.5 Å².